The molecule has 0 radical (unpaired) electrons. The molecule has 3 rings (SSSR count). The Labute approximate surface area is 169 Å². The number of carbonyl (C=O) groups is 2. The lowest BCUT2D eigenvalue weighted by Crippen LogP contribution is -2.46. The number of ether oxygens (including phenoxy) is 2. The van der Waals surface area contributed by atoms with Gasteiger partial charge in [0, 0.05) is 24.7 Å². The van der Waals surface area contributed by atoms with Crippen molar-refractivity contribution in [3.63, 3.8) is 0 Å². The van der Waals surface area contributed by atoms with E-state index in [1.54, 1.807) is 61.6 Å². The first-order chi connectivity index (χ1) is 13.5. The molecular weight excluding hydrogens is 380 g/mol. The highest BCUT2D eigenvalue weighted by Crippen LogP contribution is 2.28. The van der Waals surface area contributed by atoms with Gasteiger partial charge in [0.2, 0.25) is 0 Å². The zero-order valence-electron chi connectivity index (χ0n) is 15.9. The van der Waals surface area contributed by atoms with Gasteiger partial charge in [-0.25, -0.2) is 0 Å². The molecule has 0 saturated carbocycles. The Balaban J connectivity index is 1.58. The van der Waals surface area contributed by atoms with Gasteiger partial charge in [-0.05, 0) is 43.2 Å². The van der Waals surface area contributed by atoms with Gasteiger partial charge in [-0.3, -0.25) is 9.59 Å². The Morgan fingerprint density at radius 2 is 1.71 bits per heavy atom. The standard InChI is InChI=1S/C21H23ClN2O4/c1-27-18-8-7-14(13-19(18)28-2)21(26)24-11-9-15(10-12-24)23-20(25)16-5-3-4-6-17(16)22/h3-8,13,15H,9-12H2,1-2H3,(H,23,25). The van der Waals surface area contributed by atoms with E-state index in [-0.39, 0.29) is 17.9 Å². The molecule has 1 aliphatic heterocycles. The molecule has 0 aromatic heterocycles. The number of nitrogens with one attached hydrogen (secondary N) is 1. The van der Waals surface area contributed by atoms with Crippen molar-refractivity contribution in [3.05, 3.63) is 58.6 Å². The molecule has 1 fully saturated rings. The number of likely N-dealkylation sites (tertiary alicyclic amines) is 1. The summed E-state index contributed by atoms with van der Waals surface area (Å²) in [6.07, 6.45) is 1.38. The molecule has 2 amide bonds. The molecule has 1 saturated heterocycles. The first-order valence-corrected chi connectivity index (χ1v) is 9.48. The first kappa shape index (κ1) is 20.0. The quantitative estimate of drug-likeness (QED) is 0.832. The predicted octanol–water partition coefficient (Wildman–Crippen LogP) is 3.39. The second-order valence-corrected chi connectivity index (χ2v) is 7.00. The summed E-state index contributed by atoms with van der Waals surface area (Å²) in [5, 5.41) is 3.44. The van der Waals surface area contributed by atoms with Gasteiger partial charge in [-0.2, -0.15) is 0 Å². The molecule has 0 bridgehead atoms. The van der Waals surface area contributed by atoms with Crippen LogP contribution in [0.25, 0.3) is 0 Å². The van der Waals surface area contributed by atoms with E-state index in [0.29, 0.717) is 53.6 Å². The second-order valence-electron chi connectivity index (χ2n) is 6.59. The van der Waals surface area contributed by atoms with E-state index in [1.807, 2.05) is 0 Å². The largest absolute Gasteiger partial charge is 0.493 e. The van der Waals surface area contributed by atoms with Crippen molar-refractivity contribution in [3.8, 4) is 11.5 Å². The van der Waals surface area contributed by atoms with Crippen LogP contribution in [0, 0.1) is 0 Å². The van der Waals surface area contributed by atoms with Crippen LogP contribution in [-0.2, 0) is 0 Å². The number of piperidine rings is 1. The summed E-state index contributed by atoms with van der Waals surface area (Å²) in [6, 6.07) is 12.1. The van der Waals surface area contributed by atoms with E-state index in [1.165, 1.54) is 0 Å². The smallest absolute Gasteiger partial charge is 0.253 e. The summed E-state index contributed by atoms with van der Waals surface area (Å²) >= 11 is 6.08. The zero-order chi connectivity index (χ0) is 20.1. The molecule has 0 spiro atoms. The fraction of sp³-hybridized carbons (Fsp3) is 0.333. The minimum absolute atomic E-state index is 0.0122. The highest BCUT2D eigenvalue weighted by Gasteiger charge is 2.26. The Kier molecular flexibility index (Phi) is 6.41. The Bertz CT molecular complexity index is 863. The average molecular weight is 403 g/mol. The molecule has 0 atom stereocenters. The molecule has 1 aliphatic rings. The summed E-state index contributed by atoms with van der Waals surface area (Å²) in [5.41, 5.74) is 1.02. The molecule has 7 heteroatoms. The van der Waals surface area contributed by atoms with Crippen LogP contribution in [0.2, 0.25) is 5.02 Å². The fourth-order valence-electron chi connectivity index (χ4n) is 3.29. The third kappa shape index (κ3) is 4.39. The van der Waals surface area contributed by atoms with Gasteiger partial charge in [-0.15, -0.1) is 0 Å². The second kappa shape index (κ2) is 8.97. The number of hydrogen-bond acceptors (Lipinski definition) is 4. The number of halogens is 1. The highest BCUT2D eigenvalue weighted by atomic mass is 35.5. The van der Waals surface area contributed by atoms with Gasteiger partial charge in [0.1, 0.15) is 0 Å². The molecule has 148 valence electrons. The van der Waals surface area contributed by atoms with Crippen LogP contribution in [0.3, 0.4) is 0 Å². The third-order valence-corrected chi connectivity index (χ3v) is 5.20. The minimum atomic E-state index is -0.185. The van der Waals surface area contributed by atoms with Gasteiger partial charge in [0.05, 0.1) is 24.8 Å². The van der Waals surface area contributed by atoms with Crippen LogP contribution < -0.4 is 14.8 Å². The molecule has 0 unspecified atom stereocenters. The number of nitrogens with zero attached hydrogens (tertiary/aromatic N) is 1. The van der Waals surface area contributed by atoms with Crippen molar-refractivity contribution in [2.24, 2.45) is 0 Å². The molecule has 6 nitrogen and oxygen atoms in total. The maximum absolute atomic E-state index is 12.8. The van der Waals surface area contributed by atoms with Crippen molar-refractivity contribution < 1.29 is 19.1 Å². The third-order valence-electron chi connectivity index (χ3n) is 4.87. The van der Waals surface area contributed by atoms with E-state index < -0.39 is 0 Å². The summed E-state index contributed by atoms with van der Waals surface area (Å²) < 4.78 is 10.5. The minimum Gasteiger partial charge on any atom is -0.493 e. The van der Waals surface area contributed by atoms with Gasteiger partial charge in [-0.1, -0.05) is 23.7 Å². The fourth-order valence-corrected chi connectivity index (χ4v) is 3.51. The van der Waals surface area contributed by atoms with Crippen LogP contribution in [0.4, 0.5) is 0 Å². The van der Waals surface area contributed by atoms with Gasteiger partial charge in [0.25, 0.3) is 11.8 Å². The maximum Gasteiger partial charge on any atom is 0.253 e. The number of benzene rings is 2. The molecule has 1 heterocycles. The van der Waals surface area contributed by atoms with Crippen molar-refractivity contribution in [1.29, 1.82) is 0 Å². The lowest BCUT2D eigenvalue weighted by molar-refractivity contribution is 0.0697. The van der Waals surface area contributed by atoms with E-state index in [4.69, 9.17) is 21.1 Å². The Hall–Kier alpha value is -2.73. The molecule has 1 N–H and O–H groups in total. The number of hydrogen-bond donors (Lipinski definition) is 1. The van der Waals surface area contributed by atoms with Crippen molar-refractivity contribution >= 4 is 23.4 Å². The van der Waals surface area contributed by atoms with E-state index in [9.17, 15) is 9.59 Å². The Morgan fingerprint density at radius 3 is 2.36 bits per heavy atom. The number of carbonyl (C=O) groups excluding carboxylic acids is 2. The summed E-state index contributed by atoms with van der Waals surface area (Å²) in [7, 11) is 3.10. The summed E-state index contributed by atoms with van der Waals surface area (Å²) in [4.78, 5) is 27.0. The average Bonchev–Trinajstić information content (AvgIpc) is 2.73. The summed E-state index contributed by atoms with van der Waals surface area (Å²) in [5.74, 6) is 0.863. The van der Waals surface area contributed by atoms with Crippen molar-refractivity contribution in [2.45, 2.75) is 18.9 Å². The van der Waals surface area contributed by atoms with Gasteiger partial charge < -0.3 is 19.7 Å². The maximum atomic E-state index is 12.8. The number of rotatable bonds is 5. The predicted molar refractivity (Wildman–Crippen MR) is 107 cm³/mol. The SMILES string of the molecule is COc1ccc(C(=O)N2CCC(NC(=O)c3ccccc3Cl)CC2)cc1OC. The topological polar surface area (TPSA) is 67.9 Å². The van der Waals surface area contributed by atoms with E-state index in [2.05, 4.69) is 5.32 Å². The van der Waals surface area contributed by atoms with E-state index >= 15 is 0 Å². The highest BCUT2D eigenvalue weighted by molar-refractivity contribution is 6.33. The van der Waals surface area contributed by atoms with Crippen molar-refractivity contribution in [2.75, 3.05) is 27.3 Å². The van der Waals surface area contributed by atoms with Crippen LogP contribution in [-0.4, -0.2) is 50.1 Å². The van der Waals surface area contributed by atoms with Crippen LogP contribution >= 0.6 is 11.6 Å². The molecular formula is C21H23ClN2O4. The number of methoxy groups -OCH3 is 2. The van der Waals surface area contributed by atoms with Gasteiger partial charge >= 0.3 is 0 Å². The monoisotopic (exact) mass is 402 g/mol. The van der Waals surface area contributed by atoms with Crippen molar-refractivity contribution in [1.82, 2.24) is 10.2 Å². The molecule has 0 aliphatic carbocycles. The summed E-state index contributed by atoms with van der Waals surface area (Å²) in [6.45, 7) is 1.14. The first-order valence-electron chi connectivity index (χ1n) is 9.10. The number of amides is 2. The lowest BCUT2D eigenvalue weighted by Gasteiger charge is -2.32. The zero-order valence-corrected chi connectivity index (χ0v) is 16.7. The Morgan fingerprint density at radius 1 is 1.04 bits per heavy atom. The molecule has 28 heavy (non-hydrogen) atoms. The lowest BCUT2D eigenvalue weighted by atomic mass is 10.0. The normalized spacial score (nSPS) is 14.5. The van der Waals surface area contributed by atoms with Crippen LogP contribution in [0.15, 0.2) is 42.5 Å². The van der Waals surface area contributed by atoms with E-state index in [0.717, 1.165) is 0 Å². The van der Waals surface area contributed by atoms with Crippen LogP contribution in [0.5, 0.6) is 11.5 Å². The molecule has 2 aromatic carbocycles. The molecule has 2 aromatic rings. The van der Waals surface area contributed by atoms with Crippen LogP contribution in [0.1, 0.15) is 33.6 Å². The van der Waals surface area contributed by atoms with Gasteiger partial charge in [0.15, 0.2) is 11.5 Å².